The zero-order chi connectivity index (χ0) is 14.3. The van der Waals surface area contributed by atoms with E-state index in [4.69, 9.17) is 4.74 Å². The maximum Gasteiger partial charge on any atom is 0.193 e. The van der Waals surface area contributed by atoms with E-state index in [1.807, 2.05) is 0 Å². The molecule has 1 aromatic rings. The van der Waals surface area contributed by atoms with Crippen molar-refractivity contribution in [2.45, 2.75) is 19.4 Å². The summed E-state index contributed by atoms with van der Waals surface area (Å²) in [7, 11) is 0. The summed E-state index contributed by atoms with van der Waals surface area (Å²) in [6.45, 7) is 8.59. The summed E-state index contributed by atoms with van der Waals surface area (Å²) < 4.78 is 5.50. The molecule has 1 rings (SSSR count). The standard InChI is InChI=1S/C15H21NO3/c1-4-9-16-10-11-19-13-7-5-12(6-8-13)14(17)15(2,3)18/h4-8,16,18H,1,9-11H2,2-3H3. The van der Waals surface area contributed by atoms with Crippen LogP contribution in [0.15, 0.2) is 36.9 Å². The molecule has 0 atom stereocenters. The van der Waals surface area contributed by atoms with Crippen LogP contribution in [0.1, 0.15) is 24.2 Å². The molecule has 0 bridgehead atoms. The van der Waals surface area contributed by atoms with E-state index in [1.54, 1.807) is 30.3 Å². The molecule has 0 aliphatic rings. The number of carbonyl (C=O) groups excluding carboxylic acids is 1. The summed E-state index contributed by atoms with van der Waals surface area (Å²) in [6, 6.07) is 6.78. The molecule has 1 aromatic carbocycles. The molecular formula is C15H21NO3. The van der Waals surface area contributed by atoms with Gasteiger partial charge in [-0.3, -0.25) is 4.79 Å². The number of Topliss-reactive ketones (excluding diaryl/α,β-unsaturated/α-hetero) is 1. The van der Waals surface area contributed by atoms with Crippen molar-refractivity contribution in [3.63, 3.8) is 0 Å². The van der Waals surface area contributed by atoms with E-state index < -0.39 is 5.60 Å². The van der Waals surface area contributed by atoms with Gasteiger partial charge in [0.2, 0.25) is 0 Å². The number of benzene rings is 1. The van der Waals surface area contributed by atoms with Crippen molar-refractivity contribution in [1.29, 1.82) is 0 Å². The average Bonchev–Trinajstić information content (AvgIpc) is 2.37. The molecule has 2 N–H and O–H groups in total. The van der Waals surface area contributed by atoms with Gasteiger partial charge >= 0.3 is 0 Å². The number of nitrogens with one attached hydrogen (secondary N) is 1. The van der Waals surface area contributed by atoms with Crippen LogP contribution in [0, 0.1) is 0 Å². The molecule has 0 heterocycles. The maximum atomic E-state index is 11.8. The monoisotopic (exact) mass is 263 g/mol. The molecule has 0 aliphatic heterocycles. The van der Waals surface area contributed by atoms with E-state index in [0.29, 0.717) is 17.9 Å². The van der Waals surface area contributed by atoms with Gasteiger partial charge in [-0.15, -0.1) is 6.58 Å². The second kappa shape index (κ2) is 7.07. The fourth-order valence-electron chi connectivity index (χ4n) is 1.50. The highest BCUT2D eigenvalue weighted by molar-refractivity contribution is 6.01. The van der Waals surface area contributed by atoms with Crippen LogP contribution in [0.4, 0.5) is 0 Å². The Hall–Kier alpha value is -1.65. The van der Waals surface area contributed by atoms with Crippen LogP contribution in [-0.2, 0) is 0 Å². The predicted molar refractivity (Wildman–Crippen MR) is 75.6 cm³/mol. The first-order valence-corrected chi connectivity index (χ1v) is 6.27. The zero-order valence-corrected chi connectivity index (χ0v) is 11.5. The third-order valence-electron chi connectivity index (χ3n) is 2.51. The second-order valence-corrected chi connectivity index (χ2v) is 4.75. The molecule has 4 nitrogen and oxygen atoms in total. The Morgan fingerprint density at radius 3 is 2.58 bits per heavy atom. The Morgan fingerprint density at radius 1 is 1.42 bits per heavy atom. The molecule has 0 fully saturated rings. The maximum absolute atomic E-state index is 11.8. The summed E-state index contributed by atoms with van der Waals surface area (Å²) in [4.78, 5) is 11.8. The predicted octanol–water partition coefficient (Wildman–Crippen LogP) is 1.79. The molecule has 0 saturated heterocycles. The van der Waals surface area contributed by atoms with Gasteiger partial charge in [0.1, 0.15) is 18.0 Å². The lowest BCUT2D eigenvalue weighted by Gasteiger charge is -2.15. The summed E-state index contributed by atoms with van der Waals surface area (Å²) >= 11 is 0. The molecule has 0 aliphatic carbocycles. The molecule has 19 heavy (non-hydrogen) atoms. The highest BCUT2D eigenvalue weighted by Crippen LogP contribution is 2.16. The number of ketones is 1. The molecular weight excluding hydrogens is 242 g/mol. The Balaban J connectivity index is 2.48. The minimum atomic E-state index is -1.35. The number of rotatable bonds is 8. The van der Waals surface area contributed by atoms with Gasteiger partial charge in [-0.05, 0) is 38.1 Å². The van der Waals surface area contributed by atoms with Gasteiger partial charge in [0.25, 0.3) is 0 Å². The molecule has 0 aromatic heterocycles. The van der Waals surface area contributed by atoms with E-state index in [1.165, 1.54) is 13.8 Å². The fraction of sp³-hybridized carbons (Fsp3) is 0.400. The topological polar surface area (TPSA) is 58.6 Å². The number of hydrogen-bond donors (Lipinski definition) is 2. The van der Waals surface area contributed by atoms with Crippen LogP contribution < -0.4 is 10.1 Å². The molecule has 4 heteroatoms. The number of hydrogen-bond acceptors (Lipinski definition) is 4. The lowest BCUT2D eigenvalue weighted by molar-refractivity contribution is 0.0488. The molecule has 0 spiro atoms. The fourth-order valence-corrected chi connectivity index (χ4v) is 1.50. The van der Waals surface area contributed by atoms with Crippen molar-refractivity contribution in [3.05, 3.63) is 42.5 Å². The quantitative estimate of drug-likeness (QED) is 0.426. The second-order valence-electron chi connectivity index (χ2n) is 4.75. The lowest BCUT2D eigenvalue weighted by atomic mass is 9.97. The van der Waals surface area contributed by atoms with Gasteiger partial charge in [-0.1, -0.05) is 6.08 Å². The van der Waals surface area contributed by atoms with Gasteiger partial charge in [0, 0.05) is 18.7 Å². The van der Waals surface area contributed by atoms with Crippen LogP contribution in [0.2, 0.25) is 0 Å². The van der Waals surface area contributed by atoms with Crippen LogP contribution in [0.25, 0.3) is 0 Å². The summed E-state index contributed by atoms with van der Waals surface area (Å²) in [5.41, 5.74) is -0.874. The van der Waals surface area contributed by atoms with Gasteiger partial charge in [-0.2, -0.15) is 0 Å². The average molecular weight is 263 g/mol. The minimum Gasteiger partial charge on any atom is -0.492 e. The zero-order valence-electron chi connectivity index (χ0n) is 11.5. The largest absolute Gasteiger partial charge is 0.492 e. The molecule has 104 valence electrons. The van der Waals surface area contributed by atoms with E-state index in [0.717, 1.165) is 13.1 Å². The summed E-state index contributed by atoms with van der Waals surface area (Å²) in [6.07, 6.45) is 1.79. The van der Waals surface area contributed by atoms with Crippen LogP contribution in [0.3, 0.4) is 0 Å². The highest BCUT2D eigenvalue weighted by Gasteiger charge is 2.24. The highest BCUT2D eigenvalue weighted by atomic mass is 16.5. The van der Waals surface area contributed by atoms with Crippen molar-refractivity contribution in [1.82, 2.24) is 5.32 Å². The minimum absolute atomic E-state index is 0.299. The van der Waals surface area contributed by atoms with Crippen LogP contribution in [0.5, 0.6) is 5.75 Å². The number of carbonyl (C=O) groups is 1. The summed E-state index contributed by atoms with van der Waals surface area (Å²) in [5.74, 6) is 0.402. The summed E-state index contributed by atoms with van der Waals surface area (Å²) in [5, 5.41) is 12.8. The molecule has 0 amide bonds. The normalized spacial score (nSPS) is 11.1. The van der Waals surface area contributed by atoms with Gasteiger partial charge in [0.05, 0.1) is 0 Å². The Kier molecular flexibility index (Phi) is 5.73. The third kappa shape index (κ3) is 5.24. The SMILES string of the molecule is C=CCNCCOc1ccc(C(=O)C(C)(C)O)cc1. The van der Waals surface area contributed by atoms with Gasteiger partial charge < -0.3 is 15.2 Å². The Morgan fingerprint density at radius 2 is 2.05 bits per heavy atom. The Bertz CT molecular complexity index is 418. The van der Waals surface area contributed by atoms with Crippen molar-refractivity contribution in [3.8, 4) is 5.75 Å². The first-order chi connectivity index (χ1) is 8.95. The van der Waals surface area contributed by atoms with E-state index in [9.17, 15) is 9.90 Å². The van der Waals surface area contributed by atoms with Crippen molar-refractivity contribution in [2.75, 3.05) is 19.7 Å². The smallest absolute Gasteiger partial charge is 0.193 e. The molecule has 0 saturated carbocycles. The first-order valence-electron chi connectivity index (χ1n) is 6.27. The van der Waals surface area contributed by atoms with Crippen molar-refractivity contribution >= 4 is 5.78 Å². The Labute approximate surface area is 114 Å². The van der Waals surface area contributed by atoms with E-state index >= 15 is 0 Å². The third-order valence-corrected chi connectivity index (χ3v) is 2.51. The van der Waals surface area contributed by atoms with Crippen molar-refractivity contribution in [2.24, 2.45) is 0 Å². The molecule has 0 radical (unpaired) electrons. The number of ether oxygens (including phenoxy) is 1. The molecule has 0 unspecified atom stereocenters. The number of aliphatic hydroxyl groups is 1. The lowest BCUT2D eigenvalue weighted by Crippen LogP contribution is -2.30. The van der Waals surface area contributed by atoms with Crippen LogP contribution >= 0.6 is 0 Å². The van der Waals surface area contributed by atoms with Gasteiger partial charge in [0.15, 0.2) is 5.78 Å². The van der Waals surface area contributed by atoms with E-state index in [-0.39, 0.29) is 5.78 Å². The van der Waals surface area contributed by atoms with Crippen molar-refractivity contribution < 1.29 is 14.6 Å². The van der Waals surface area contributed by atoms with Crippen LogP contribution in [-0.4, -0.2) is 36.2 Å². The van der Waals surface area contributed by atoms with E-state index in [2.05, 4.69) is 11.9 Å². The first kappa shape index (κ1) is 15.4. The van der Waals surface area contributed by atoms with Gasteiger partial charge in [-0.25, -0.2) is 0 Å².